The van der Waals surface area contributed by atoms with Crippen molar-refractivity contribution in [2.24, 2.45) is 0 Å². The lowest BCUT2D eigenvalue weighted by Crippen LogP contribution is -2.26. The average Bonchev–Trinajstić information content (AvgIpc) is 2.83. The van der Waals surface area contributed by atoms with E-state index in [0.717, 1.165) is 5.69 Å². The zero-order valence-corrected chi connectivity index (χ0v) is 9.70. The summed E-state index contributed by atoms with van der Waals surface area (Å²) in [4.78, 5) is 16.0. The number of amides is 1. The van der Waals surface area contributed by atoms with Crippen LogP contribution in [0.25, 0.3) is 0 Å². The highest BCUT2D eigenvalue weighted by Gasteiger charge is 2.11. The largest absolute Gasteiger partial charge is 0.344 e. The van der Waals surface area contributed by atoms with Crippen molar-refractivity contribution in [2.45, 2.75) is 13.0 Å². The molecule has 0 aliphatic rings. The third-order valence-electron chi connectivity index (χ3n) is 2.26. The van der Waals surface area contributed by atoms with Crippen LogP contribution in [0.5, 0.6) is 0 Å². The monoisotopic (exact) mass is 232 g/mol. The molecule has 0 saturated heterocycles. The average molecular weight is 232 g/mol. The van der Waals surface area contributed by atoms with Crippen molar-refractivity contribution in [1.29, 1.82) is 0 Å². The summed E-state index contributed by atoms with van der Waals surface area (Å²) < 4.78 is 0. The van der Waals surface area contributed by atoms with Gasteiger partial charge in [-0.25, -0.2) is 0 Å². The highest BCUT2D eigenvalue weighted by Crippen LogP contribution is 2.11. The van der Waals surface area contributed by atoms with E-state index in [1.165, 1.54) is 11.3 Å². The molecule has 1 N–H and O–H groups in total. The fourth-order valence-corrected chi connectivity index (χ4v) is 2.02. The van der Waals surface area contributed by atoms with Gasteiger partial charge in [0.1, 0.15) is 0 Å². The first-order valence-corrected chi connectivity index (χ1v) is 5.95. The lowest BCUT2D eigenvalue weighted by Gasteiger charge is -2.12. The summed E-state index contributed by atoms with van der Waals surface area (Å²) in [6, 6.07) is 7.41. The highest BCUT2D eigenvalue weighted by atomic mass is 32.1. The number of rotatable bonds is 3. The van der Waals surface area contributed by atoms with Crippen molar-refractivity contribution in [3.63, 3.8) is 0 Å². The summed E-state index contributed by atoms with van der Waals surface area (Å²) in [5.74, 6) is -0.0561. The Morgan fingerprint density at radius 1 is 1.44 bits per heavy atom. The van der Waals surface area contributed by atoms with E-state index in [1.807, 2.05) is 41.9 Å². The summed E-state index contributed by atoms with van der Waals surface area (Å²) >= 11 is 1.51. The van der Waals surface area contributed by atoms with Crippen molar-refractivity contribution in [3.8, 4) is 0 Å². The van der Waals surface area contributed by atoms with E-state index in [4.69, 9.17) is 0 Å². The number of pyridine rings is 1. The normalized spacial score (nSPS) is 12.1. The molecule has 0 spiro atoms. The minimum Gasteiger partial charge on any atom is -0.344 e. The van der Waals surface area contributed by atoms with Gasteiger partial charge in [0.15, 0.2) is 0 Å². The molecular weight excluding hydrogens is 220 g/mol. The Hall–Kier alpha value is -1.68. The molecule has 2 rings (SSSR count). The smallest absolute Gasteiger partial charge is 0.252 e. The molecular formula is C12H12N2OS. The van der Waals surface area contributed by atoms with Gasteiger partial charge in [-0.05, 0) is 30.5 Å². The molecule has 4 heteroatoms. The number of thiophene rings is 1. The Kier molecular flexibility index (Phi) is 3.31. The first-order valence-electron chi connectivity index (χ1n) is 5.01. The van der Waals surface area contributed by atoms with Gasteiger partial charge in [0, 0.05) is 11.6 Å². The molecule has 2 aromatic rings. The first-order chi connectivity index (χ1) is 7.77. The fraction of sp³-hybridized carbons (Fsp3) is 0.167. The van der Waals surface area contributed by atoms with Crippen molar-refractivity contribution < 1.29 is 4.79 Å². The van der Waals surface area contributed by atoms with Crippen LogP contribution in [0.15, 0.2) is 41.2 Å². The quantitative estimate of drug-likeness (QED) is 0.884. The summed E-state index contributed by atoms with van der Waals surface area (Å²) in [5.41, 5.74) is 1.57. The Bertz CT molecular complexity index is 453. The molecule has 3 nitrogen and oxygen atoms in total. The van der Waals surface area contributed by atoms with Gasteiger partial charge in [-0.3, -0.25) is 9.78 Å². The number of aromatic nitrogens is 1. The molecule has 16 heavy (non-hydrogen) atoms. The molecule has 1 amide bonds. The van der Waals surface area contributed by atoms with Gasteiger partial charge in [0.05, 0.1) is 17.3 Å². The standard InChI is InChI=1S/C12H12N2OS/c1-9(11-4-2-3-6-13-11)14-12(15)10-5-7-16-8-10/h2-9H,1H3,(H,14,15)/t9-/m1/s1. The minimum absolute atomic E-state index is 0.0561. The summed E-state index contributed by atoms with van der Waals surface area (Å²) in [6.45, 7) is 1.92. The van der Waals surface area contributed by atoms with Gasteiger partial charge in [0.25, 0.3) is 5.91 Å². The molecule has 0 aromatic carbocycles. The molecule has 0 radical (unpaired) electrons. The second-order valence-electron chi connectivity index (χ2n) is 3.46. The van der Waals surface area contributed by atoms with Crippen molar-refractivity contribution in [3.05, 3.63) is 52.5 Å². The van der Waals surface area contributed by atoms with E-state index in [0.29, 0.717) is 5.56 Å². The summed E-state index contributed by atoms with van der Waals surface area (Å²) in [7, 11) is 0. The molecule has 0 saturated carbocycles. The van der Waals surface area contributed by atoms with Gasteiger partial charge in [-0.15, -0.1) is 0 Å². The molecule has 0 aliphatic heterocycles. The second kappa shape index (κ2) is 4.90. The molecule has 82 valence electrons. The van der Waals surface area contributed by atoms with Crippen LogP contribution in [-0.4, -0.2) is 10.9 Å². The molecule has 2 aromatic heterocycles. The van der Waals surface area contributed by atoms with Crippen LogP contribution >= 0.6 is 11.3 Å². The number of nitrogens with zero attached hydrogens (tertiary/aromatic N) is 1. The number of carbonyl (C=O) groups is 1. The molecule has 0 fully saturated rings. The molecule has 0 aliphatic carbocycles. The maximum Gasteiger partial charge on any atom is 0.252 e. The summed E-state index contributed by atoms with van der Waals surface area (Å²) in [5, 5.41) is 6.63. The third-order valence-corrected chi connectivity index (χ3v) is 2.95. The van der Waals surface area contributed by atoms with Gasteiger partial charge >= 0.3 is 0 Å². The topological polar surface area (TPSA) is 42.0 Å². The van der Waals surface area contributed by atoms with Gasteiger partial charge in [0.2, 0.25) is 0 Å². The van der Waals surface area contributed by atoms with Gasteiger partial charge in [-0.2, -0.15) is 11.3 Å². The molecule has 2 heterocycles. The van der Waals surface area contributed by atoms with Crippen molar-refractivity contribution in [1.82, 2.24) is 10.3 Å². The Labute approximate surface area is 98.2 Å². The van der Waals surface area contributed by atoms with Gasteiger partial charge in [-0.1, -0.05) is 6.07 Å². The van der Waals surface area contributed by atoms with Crippen LogP contribution < -0.4 is 5.32 Å². The lowest BCUT2D eigenvalue weighted by molar-refractivity contribution is 0.0939. The van der Waals surface area contributed by atoms with E-state index < -0.39 is 0 Å². The molecule has 0 bridgehead atoms. The van der Waals surface area contributed by atoms with E-state index in [2.05, 4.69) is 10.3 Å². The maximum absolute atomic E-state index is 11.8. The van der Waals surface area contributed by atoms with E-state index in [9.17, 15) is 4.79 Å². The highest BCUT2D eigenvalue weighted by molar-refractivity contribution is 7.08. The number of nitrogens with one attached hydrogen (secondary N) is 1. The lowest BCUT2D eigenvalue weighted by atomic mass is 10.2. The van der Waals surface area contributed by atoms with Crippen LogP contribution in [0.4, 0.5) is 0 Å². The van der Waals surface area contributed by atoms with Crippen LogP contribution in [0, 0.1) is 0 Å². The first kappa shape index (κ1) is 10.8. The van der Waals surface area contributed by atoms with E-state index in [1.54, 1.807) is 6.20 Å². The number of hydrogen-bond acceptors (Lipinski definition) is 3. The van der Waals surface area contributed by atoms with E-state index >= 15 is 0 Å². The molecule has 1 atom stereocenters. The zero-order chi connectivity index (χ0) is 11.4. The Morgan fingerprint density at radius 2 is 2.31 bits per heavy atom. The predicted molar refractivity (Wildman–Crippen MR) is 64.4 cm³/mol. The van der Waals surface area contributed by atoms with Crippen LogP contribution in [0.1, 0.15) is 29.0 Å². The Morgan fingerprint density at radius 3 is 2.94 bits per heavy atom. The Balaban J connectivity index is 2.03. The summed E-state index contributed by atoms with van der Waals surface area (Å²) in [6.07, 6.45) is 1.72. The number of hydrogen-bond donors (Lipinski definition) is 1. The van der Waals surface area contributed by atoms with Crippen molar-refractivity contribution in [2.75, 3.05) is 0 Å². The van der Waals surface area contributed by atoms with Crippen LogP contribution in [-0.2, 0) is 0 Å². The number of carbonyl (C=O) groups excluding carboxylic acids is 1. The van der Waals surface area contributed by atoms with E-state index in [-0.39, 0.29) is 11.9 Å². The van der Waals surface area contributed by atoms with Gasteiger partial charge < -0.3 is 5.32 Å². The van der Waals surface area contributed by atoms with Crippen LogP contribution in [0.2, 0.25) is 0 Å². The van der Waals surface area contributed by atoms with Crippen LogP contribution in [0.3, 0.4) is 0 Å². The van der Waals surface area contributed by atoms with Crippen molar-refractivity contribution >= 4 is 17.2 Å². The third kappa shape index (κ3) is 2.46. The minimum atomic E-state index is -0.0754. The maximum atomic E-state index is 11.8. The molecule has 0 unspecified atom stereocenters. The fourth-order valence-electron chi connectivity index (χ4n) is 1.38. The second-order valence-corrected chi connectivity index (χ2v) is 4.24. The predicted octanol–water partition coefficient (Wildman–Crippen LogP) is 2.63. The zero-order valence-electron chi connectivity index (χ0n) is 8.88. The SMILES string of the molecule is C[C@@H](NC(=O)c1ccsc1)c1ccccn1.